The van der Waals surface area contributed by atoms with Gasteiger partial charge in [-0.15, -0.1) is 0 Å². The summed E-state index contributed by atoms with van der Waals surface area (Å²) >= 11 is 0. The Balaban J connectivity index is 1.83. The molecule has 8 nitrogen and oxygen atoms in total. The van der Waals surface area contributed by atoms with E-state index in [0.29, 0.717) is 42.6 Å². The Labute approximate surface area is 185 Å². The highest BCUT2D eigenvalue weighted by Crippen LogP contribution is 2.31. The van der Waals surface area contributed by atoms with Crippen molar-refractivity contribution in [2.45, 2.75) is 20.5 Å². The number of nitriles is 2. The van der Waals surface area contributed by atoms with Gasteiger partial charge in [0.05, 0.1) is 13.2 Å². The summed E-state index contributed by atoms with van der Waals surface area (Å²) in [7, 11) is 0. The topological polar surface area (TPSA) is 134 Å². The zero-order valence-corrected chi connectivity index (χ0v) is 17.8. The molecule has 3 aromatic rings. The van der Waals surface area contributed by atoms with Gasteiger partial charge in [-0.25, -0.2) is 0 Å². The van der Waals surface area contributed by atoms with E-state index in [-0.39, 0.29) is 22.5 Å². The number of anilines is 1. The normalized spacial score (nSPS) is 10.1. The van der Waals surface area contributed by atoms with E-state index in [9.17, 15) is 15.3 Å². The lowest BCUT2D eigenvalue weighted by Gasteiger charge is -2.13. The number of nitrogens with zero attached hydrogens (tertiary/aromatic N) is 2. The third-order valence-electron chi connectivity index (χ3n) is 4.62. The Morgan fingerprint density at radius 3 is 2.19 bits per heavy atom. The van der Waals surface area contributed by atoms with Crippen LogP contribution in [0.1, 0.15) is 30.5 Å². The highest BCUT2D eigenvalue weighted by molar-refractivity contribution is 5.80. The quantitative estimate of drug-likeness (QED) is 0.556. The fraction of sp³-hybridized carbons (Fsp3) is 0.208. The van der Waals surface area contributed by atoms with Gasteiger partial charge in [-0.05, 0) is 49.2 Å². The lowest BCUT2D eigenvalue weighted by atomic mass is 9.96. The van der Waals surface area contributed by atoms with Gasteiger partial charge in [0.15, 0.2) is 11.5 Å². The molecule has 8 heteroatoms. The molecule has 0 atom stereocenters. The molecule has 0 saturated heterocycles. The fourth-order valence-corrected chi connectivity index (χ4v) is 3.20. The van der Waals surface area contributed by atoms with Crippen LogP contribution in [0.25, 0.3) is 11.1 Å². The average molecular weight is 430 g/mol. The van der Waals surface area contributed by atoms with E-state index < -0.39 is 5.56 Å². The summed E-state index contributed by atoms with van der Waals surface area (Å²) in [6.45, 7) is 5.19. The molecule has 1 heterocycles. The first kappa shape index (κ1) is 22.3. The van der Waals surface area contributed by atoms with Crippen LogP contribution in [-0.4, -0.2) is 18.2 Å². The van der Waals surface area contributed by atoms with Crippen LogP contribution >= 0.6 is 0 Å². The zero-order valence-electron chi connectivity index (χ0n) is 17.8. The Kier molecular flexibility index (Phi) is 6.99. The van der Waals surface area contributed by atoms with Crippen LogP contribution in [0.5, 0.6) is 17.2 Å². The zero-order chi connectivity index (χ0) is 23.1. The van der Waals surface area contributed by atoms with Gasteiger partial charge >= 0.3 is 0 Å². The molecular weight excluding hydrogens is 408 g/mol. The Morgan fingerprint density at radius 2 is 1.56 bits per heavy atom. The van der Waals surface area contributed by atoms with Gasteiger partial charge in [-0.3, -0.25) is 4.79 Å². The van der Waals surface area contributed by atoms with E-state index in [1.54, 1.807) is 24.3 Å². The molecule has 32 heavy (non-hydrogen) atoms. The molecule has 0 aliphatic carbocycles. The lowest BCUT2D eigenvalue weighted by molar-refractivity contribution is 0.283. The van der Waals surface area contributed by atoms with Crippen molar-refractivity contribution in [2.24, 2.45) is 0 Å². The van der Waals surface area contributed by atoms with Crippen molar-refractivity contribution in [1.29, 1.82) is 10.5 Å². The molecule has 0 amide bonds. The number of pyridine rings is 1. The van der Waals surface area contributed by atoms with Crippen LogP contribution in [0.15, 0.2) is 47.3 Å². The van der Waals surface area contributed by atoms with Crippen LogP contribution in [0.3, 0.4) is 0 Å². The number of aromatic amines is 1. The fourth-order valence-electron chi connectivity index (χ4n) is 3.20. The summed E-state index contributed by atoms with van der Waals surface area (Å²) < 4.78 is 17.1. The van der Waals surface area contributed by atoms with Crippen molar-refractivity contribution < 1.29 is 14.2 Å². The maximum Gasteiger partial charge on any atom is 0.268 e. The van der Waals surface area contributed by atoms with E-state index in [4.69, 9.17) is 19.9 Å². The number of rotatable bonds is 8. The molecule has 0 bridgehead atoms. The van der Waals surface area contributed by atoms with E-state index in [2.05, 4.69) is 4.98 Å². The van der Waals surface area contributed by atoms with E-state index in [1.165, 1.54) is 0 Å². The smallest absolute Gasteiger partial charge is 0.268 e. The SMILES string of the molecule is CCOc1ccc(COc2ccc(-c3c(C#N)c(N)[nH]c(=O)c3C#N)cc2)cc1OCC. The van der Waals surface area contributed by atoms with E-state index in [0.717, 1.165) is 5.56 Å². The van der Waals surface area contributed by atoms with Crippen LogP contribution in [0, 0.1) is 22.7 Å². The predicted molar refractivity (Wildman–Crippen MR) is 119 cm³/mol. The summed E-state index contributed by atoms with van der Waals surface area (Å²) in [4.78, 5) is 14.4. The Morgan fingerprint density at radius 1 is 0.906 bits per heavy atom. The predicted octanol–water partition coefficient (Wildman–Crippen LogP) is 3.74. The maximum atomic E-state index is 12.1. The van der Waals surface area contributed by atoms with Gasteiger partial charge in [-0.1, -0.05) is 18.2 Å². The van der Waals surface area contributed by atoms with E-state index in [1.807, 2.05) is 44.2 Å². The number of hydrogen-bond donors (Lipinski definition) is 2. The molecule has 0 unspecified atom stereocenters. The third kappa shape index (κ3) is 4.66. The number of nitrogens with one attached hydrogen (secondary N) is 1. The van der Waals surface area contributed by atoms with Gasteiger partial charge in [-0.2, -0.15) is 10.5 Å². The molecule has 162 valence electrons. The van der Waals surface area contributed by atoms with Gasteiger partial charge in [0, 0.05) is 5.56 Å². The minimum Gasteiger partial charge on any atom is -0.490 e. The molecule has 0 aliphatic rings. The second kappa shape index (κ2) is 10.1. The first-order valence-corrected chi connectivity index (χ1v) is 10.00. The summed E-state index contributed by atoms with van der Waals surface area (Å²) in [6.07, 6.45) is 0. The Hall–Kier alpha value is -4.43. The first-order valence-electron chi connectivity index (χ1n) is 10.00. The molecule has 0 radical (unpaired) electrons. The molecule has 0 saturated carbocycles. The van der Waals surface area contributed by atoms with Crippen LogP contribution in [-0.2, 0) is 6.61 Å². The number of ether oxygens (including phenoxy) is 3. The molecule has 1 aromatic heterocycles. The third-order valence-corrected chi connectivity index (χ3v) is 4.62. The number of benzene rings is 2. The van der Waals surface area contributed by atoms with Crippen molar-refractivity contribution in [3.63, 3.8) is 0 Å². The number of aromatic nitrogens is 1. The van der Waals surface area contributed by atoms with E-state index >= 15 is 0 Å². The summed E-state index contributed by atoms with van der Waals surface area (Å²) in [5.41, 5.74) is 6.64. The second-order valence-corrected chi connectivity index (χ2v) is 6.68. The lowest BCUT2D eigenvalue weighted by Crippen LogP contribution is -2.16. The monoisotopic (exact) mass is 430 g/mol. The largest absolute Gasteiger partial charge is 0.490 e. The number of nitrogens with two attached hydrogens (primary N) is 1. The number of nitrogen functional groups attached to an aromatic ring is 1. The minimum atomic E-state index is -0.639. The molecule has 3 N–H and O–H groups in total. The van der Waals surface area contributed by atoms with Gasteiger partial charge in [0.2, 0.25) is 0 Å². The molecule has 3 rings (SSSR count). The maximum absolute atomic E-state index is 12.1. The molecular formula is C24H22N4O4. The summed E-state index contributed by atoms with van der Waals surface area (Å²) in [5.74, 6) is 1.84. The second-order valence-electron chi connectivity index (χ2n) is 6.68. The van der Waals surface area contributed by atoms with Crippen LogP contribution in [0.4, 0.5) is 5.82 Å². The van der Waals surface area contributed by atoms with Crippen molar-refractivity contribution in [2.75, 3.05) is 18.9 Å². The van der Waals surface area contributed by atoms with Crippen LogP contribution < -0.4 is 25.5 Å². The molecule has 0 aliphatic heterocycles. The average Bonchev–Trinajstić information content (AvgIpc) is 2.79. The highest BCUT2D eigenvalue weighted by Gasteiger charge is 2.18. The van der Waals surface area contributed by atoms with Gasteiger partial charge in [0.25, 0.3) is 5.56 Å². The van der Waals surface area contributed by atoms with Crippen molar-refractivity contribution in [3.8, 4) is 40.5 Å². The van der Waals surface area contributed by atoms with Crippen molar-refractivity contribution in [1.82, 2.24) is 4.98 Å². The first-order chi connectivity index (χ1) is 15.5. The Bertz CT molecular complexity index is 1250. The number of H-pyrrole nitrogens is 1. The molecule has 0 spiro atoms. The standard InChI is InChI=1S/C24H22N4O4/c1-3-30-20-10-5-15(11-21(20)31-4-2)14-32-17-8-6-16(7-9-17)22-18(12-25)23(27)28-24(29)19(22)13-26/h5-11H,3-4,14H2,1-2H3,(H3,27,28,29). The van der Waals surface area contributed by atoms with Gasteiger partial charge in [0.1, 0.15) is 41.4 Å². The van der Waals surface area contributed by atoms with Crippen molar-refractivity contribution in [3.05, 3.63) is 69.5 Å². The molecule has 0 fully saturated rings. The summed E-state index contributed by atoms with van der Waals surface area (Å²) in [5, 5.41) is 18.8. The number of hydrogen-bond acceptors (Lipinski definition) is 7. The highest BCUT2D eigenvalue weighted by atomic mass is 16.5. The van der Waals surface area contributed by atoms with Gasteiger partial charge < -0.3 is 24.9 Å². The van der Waals surface area contributed by atoms with Crippen molar-refractivity contribution >= 4 is 5.82 Å². The van der Waals surface area contributed by atoms with Crippen LogP contribution in [0.2, 0.25) is 0 Å². The summed E-state index contributed by atoms with van der Waals surface area (Å²) in [6, 6.07) is 16.2. The molecule has 2 aromatic carbocycles. The minimum absolute atomic E-state index is 0.0488.